The number of rotatable bonds is 16. The Labute approximate surface area is 229 Å². The highest BCUT2D eigenvalue weighted by Gasteiger charge is 2.34. The minimum atomic E-state index is -1.39. The fourth-order valence-corrected chi connectivity index (χ4v) is 4.37. The predicted octanol–water partition coefficient (Wildman–Crippen LogP) is 6.66. The van der Waals surface area contributed by atoms with E-state index in [0.29, 0.717) is 24.3 Å². The minimum absolute atomic E-state index is 0.0709. The first-order chi connectivity index (χ1) is 18.1. The molecule has 0 spiro atoms. The van der Waals surface area contributed by atoms with Crippen molar-refractivity contribution in [3.63, 3.8) is 0 Å². The number of hydrogen-bond acceptors (Lipinski definition) is 6. The minimum Gasteiger partial charge on any atom is -0.465 e. The van der Waals surface area contributed by atoms with E-state index in [-0.39, 0.29) is 43.3 Å². The first kappa shape index (κ1) is 31.5. The van der Waals surface area contributed by atoms with Crippen molar-refractivity contribution >= 4 is 11.9 Å². The molecule has 2 rings (SSSR count). The van der Waals surface area contributed by atoms with Gasteiger partial charge in [0.2, 0.25) is 0 Å². The molecular formula is C32H48N2O4. The van der Waals surface area contributed by atoms with Crippen molar-refractivity contribution in [2.24, 2.45) is 17.4 Å². The molecule has 2 aromatic carbocycles. The zero-order chi connectivity index (χ0) is 28.1. The molecule has 6 heteroatoms. The Morgan fingerprint density at radius 1 is 0.974 bits per heavy atom. The number of ether oxygens (including phenoxy) is 2. The van der Waals surface area contributed by atoms with Gasteiger partial charge in [-0.15, -0.1) is 0 Å². The van der Waals surface area contributed by atoms with E-state index in [1.165, 1.54) is 5.56 Å². The monoisotopic (exact) mass is 524 g/mol. The van der Waals surface area contributed by atoms with E-state index in [1.807, 2.05) is 31.2 Å². The number of unbranched alkanes of at least 4 members (excludes halogenated alkanes) is 1. The maximum atomic E-state index is 13.2. The highest BCUT2D eigenvalue weighted by molar-refractivity contribution is 5.72. The lowest BCUT2D eigenvalue weighted by molar-refractivity contribution is -0.168. The molecule has 6 nitrogen and oxygen atoms in total. The summed E-state index contributed by atoms with van der Waals surface area (Å²) in [5, 5.41) is 0. The molecule has 0 fully saturated rings. The first-order valence-electron chi connectivity index (χ1n) is 14.3. The molecule has 210 valence electrons. The van der Waals surface area contributed by atoms with Crippen LogP contribution < -0.4 is 11.5 Å². The molecule has 4 N–H and O–H groups in total. The molecule has 4 unspecified atom stereocenters. The average Bonchev–Trinajstić information content (AvgIpc) is 2.94. The second-order valence-corrected chi connectivity index (χ2v) is 10.5. The fourth-order valence-electron chi connectivity index (χ4n) is 4.37. The lowest BCUT2D eigenvalue weighted by atomic mass is 9.92. The summed E-state index contributed by atoms with van der Waals surface area (Å²) < 4.78 is 11.3. The van der Waals surface area contributed by atoms with Crippen LogP contribution in [0.5, 0.6) is 0 Å². The molecule has 0 bridgehead atoms. The number of esters is 2. The molecule has 0 heterocycles. The summed E-state index contributed by atoms with van der Waals surface area (Å²) in [6, 6.07) is 16.1. The molecular weight excluding hydrogens is 476 g/mol. The molecule has 0 aliphatic carbocycles. The molecule has 0 aliphatic heterocycles. The number of hydrogen-bond donors (Lipinski definition) is 2. The van der Waals surface area contributed by atoms with E-state index in [2.05, 4.69) is 45.0 Å². The second kappa shape index (κ2) is 15.6. The Kier molecular flexibility index (Phi) is 13.0. The van der Waals surface area contributed by atoms with Gasteiger partial charge in [-0.25, -0.2) is 0 Å². The first-order valence-corrected chi connectivity index (χ1v) is 14.3. The van der Waals surface area contributed by atoms with Crippen LogP contribution in [0.1, 0.15) is 114 Å². The molecule has 4 atom stereocenters. The standard InChI is InChI=1S/C32H48N2O4/c1-6-9-12-25-13-10-16-28(21-25)32(34,19-20-37-30(35)8-3)38-31(36)24(5)17-18-29(33)27-15-11-14-26(22-27)23(4)7-2/h10-11,13-16,21-24,29H,6-9,12,17-20,33-34H2,1-5H3. The lowest BCUT2D eigenvalue weighted by Gasteiger charge is -2.31. The van der Waals surface area contributed by atoms with Gasteiger partial charge in [-0.3, -0.25) is 15.3 Å². The van der Waals surface area contributed by atoms with Crippen LogP contribution in [0.4, 0.5) is 0 Å². The molecule has 2 aromatic rings. The Morgan fingerprint density at radius 2 is 1.68 bits per heavy atom. The van der Waals surface area contributed by atoms with Crippen LogP contribution in [-0.4, -0.2) is 18.5 Å². The largest absolute Gasteiger partial charge is 0.465 e. The predicted molar refractivity (Wildman–Crippen MR) is 153 cm³/mol. The van der Waals surface area contributed by atoms with E-state index < -0.39 is 5.72 Å². The van der Waals surface area contributed by atoms with Crippen molar-refractivity contribution in [1.29, 1.82) is 0 Å². The Balaban J connectivity index is 2.10. The number of carbonyl (C=O) groups is 2. The van der Waals surface area contributed by atoms with Crippen molar-refractivity contribution < 1.29 is 19.1 Å². The van der Waals surface area contributed by atoms with Crippen molar-refractivity contribution in [2.45, 2.75) is 104 Å². The highest BCUT2D eigenvalue weighted by Crippen LogP contribution is 2.29. The van der Waals surface area contributed by atoms with E-state index in [1.54, 1.807) is 6.92 Å². The summed E-state index contributed by atoms with van der Waals surface area (Å²) >= 11 is 0. The fraction of sp³-hybridized carbons (Fsp3) is 0.562. The van der Waals surface area contributed by atoms with Gasteiger partial charge >= 0.3 is 11.9 Å². The van der Waals surface area contributed by atoms with Gasteiger partial charge in [0.1, 0.15) is 0 Å². The number of benzene rings is 2. The molecule has 0 radical (unpaired) electrons. The summed E-state index contributed by atoms with van der Waals surface area (Å²) in [7, 11) is 0. The van der Waals surface area contributed by atoms with E-state index >= 15 is 0 Å². The molecule has 38 heavy (non-hydrogen) atoms. The van der Waals surface area contributed by atoms with Crippen LogP contribution in [-0.2, 0) is 31.2 Å². The van der Waals surface area contributed by atoms with Crippen LogP contribution in [0.2, 0.25) is 0 Å². The quantitative estimate of drug-likeness (QED) is 0.188. The van der Waals surface area contributed by atoms with Gasteiger partial charge in [0.15, 0.2) is 5.72 Å². The maximum Gasteiger partial charge on any atom is 0.310 e. The highest BCUT2D eigenvalue weighted by atomic mass is 16.6. The molecule has 0 amide bonds. The van der Waals surface area contributed by atoms with Crippen molar-refractivity contribution in [1.82, 2.24) is 0 Å². The summed E-state index contributed by atoms with van der Waals surface area (Å²) in [5.74, 6) is -0.599. The smallest absolute Gasteiger partial charge is 0.310 e. The zero-order valence-corrected chi connectivity index (χ0v) is 24.0. The summed E-state index contributed by atoms with van der Waals surface area (Å²) in [6.45, 7) is 10.2. The summed E-state index contributed by atoms with van der Waals surface area (Å²) in [6.07, 6.45) is 5.82. The van der Waals surface area contributed by atoms with Gasteiger partial charge < -0.3 is 15.2 Å². The second-order valence-electron chi connectivity index (χ2n) is 10.5. The summed E-state index contributed by atoms with van der Waals surface area (Å²) in [4.78, 5) is 24.9. The zero-order valence-electron chi connectivity index (χ0n) is 24.0. The van der Waals surface area contributed by atoms with Crippen LogP contribution in [0, 0.1) is 5.92 Å². The van der Waals surface area contributed by atoms with Gasteiger partial charge in [-0.1, -0.05) is 89.6 Å². The Bertz CT molecular complexity index is 1020. The van der Waals surface area contributed by atoms with Gasteiger partial charge in [0.05, 0.1) is 12.5 Å². The van der Waals surface area contributed by atoms with E-state index in [4.69, 9.17) is 20.9 Å². The Morgan fingerprint density at radius 3 is 2.37 bits per heavy atom. The topological polar surface area (TPSA) is 105 Å². The van der Waals surface area contributed by atoms with Crippen molar-refractivity contribution in [3.05, 3.63) is 70.8 Å². The molecule has 0 aromatic heterocycles. The van der Waals surface area contributed by atoms with Crippen molar-refractivity contribution in [3.8, 4) is 0 Å². The third-order valence-electron chi connectivity index (χ3n) is 7.38. The SMILES string of the molecule is CCCCc1cccc(C(N)(CCOC(=O)CC)OC(=O)C(C)CCC(N)c2cccc(C(C)CC)c2)c1. The van der Waals surface area contributed by atoms with Gasteiger partial charge in [-0.2, -0.15) is 0 Å². The average molecular weight is 525 g/mol. The van der Waals surface area contributed by atoms with Crippen molar-refractivity contribution in [2.75, 3.05) is 6.61 Å². The van der Waals surface area contributed by atoms with E-state index in [9.17, 15) is 9.59 Å². The third kappa shape index (κ3) is 9.55. The van der Waals surface area contributed by atoms with Crippen LogP contribution >= 0.6 is 0 Å². The van der Waals surface area contributed by atoms with E-state index in [0.717, 1.165) is 36.8 Å². The molecule has 0 saturated carbocycles. The molecule has 0 saturated heterocycles. The third-order valence-corrected chi connectivity index (χ3v) is 7.38. The number of carbonyl (C=O) groups excluding carboxylic acids is 2. The van der Waals surface area contributed by atoms with Gasteiger partial charge in [-0.05, 0) is 54.7 Å². The maximum absolute atomic E-state index is 13.2. The number of aryl methyl sites for hydroxylation is 1. The molecule has 0 aliphatic rings. The van der Waals surface area contributed by atoms with Crippen LogP contribution in [0.25, 0.3) is 0 Å². The van der Waals surface area contributed by atoms with Crippen LogP contribution in [0.15, 0.2) is 48.5 Å². The summed E-state index contributed by atoms with van der Waals surface area (Å²) in [5.41, 5.74) is 16.1. The van der Waals surface area contributed by atoms with Crippen LogP contribution in [0.3, 0.4) is 0 Å². The lowest BCUT2D eigenvalue weighted by Crippen LogP contribution is -2.44. The number of nitrogens with two attached hydrogens (primary N) is 2. The van der Waals surface area contributed by atoms with Gasteiger partial charge in [0, 0.05) is 24.4 Å². The Hall–Kier alpha value is -2.70. The normalized spacial score (nSPS) is 15.2. The van der Waals surface area contributed by atoms with Gasteiger partial charge in [0.25, 0.3) is 0 Å².